The number of carbonyl (C=O) groups excluding carboxylic acids is 1. The fraction of sp³-hybridized carbons (Fsp3) is 0.727. The van der Waals surface area contributed by atoms with Crippen molar-refractivity contribution in [3.05, 3.63) is 24.4 Å². The smallest absolute Gasteiger partial charge is 0.410 e. The van der Waals surface area contributed by atoms with Crippen molar-refractivity contribution in [1.82, 2.24) is 9.88 Å². The normalized spacial score (nSPS) is 28.5. The molecule has 3 aliphatic heterocycles. The second kappa shape index (κ2) is 7.90. The Bertz CT molecular complexity index is 653. The van der Waals surface area contributed by atoms with Gasteiger partial charge in [-0.2, -0.15) is 0 Å². The molecule has 0 N–H and O–H groups in total. The number of amides is 1. The summed E-state index contributed by atoms with van der Waals surface area (Å²) in [4.78, 5) is 21.4. The Kier molecular flexibility index (Phi) is 5.50. The summed E-state index contributed by atoms with van der Waals surface area (Å²) in [6, 6.07) is 6.61. The molecule has 154 valence electrons. The van der Waals surface area contributed by atoms with Crippen molar-refractivity contribution in [2.45, 2.75) is 89.2 Å². The minimum Gasteiger partial charge on any atom is -0.444 e. The highest BCUT2D eigenvalue weighted by Gasteiger charge is 2.45. The zero-order chi connectivity index (χ0) is 19.7. The molecule has 0 spiro atoms. The van der Waals surface area contributed by atoms with Crippen LogP contribution in [0.2, 0.25) is 0 Å². The third kappa shape index (κ3) is 4.43. The van der Waals surface area contributed by atoms with Crippen molar-refractivity contribution in [3.63, 3.8) is 0 Å². The molecule has 2 bridgehead atoms. The molecule has 0 aromatic carbocycles. The molecule has 1 aromatic rings. The van der Waals surface area contributed by atoms with E-state index in [9.17, 15) is 4.79 Å². The fourth-order valence-electron chi connectivity index (χ4n) is 4.88. The summed E-state index contributed by atoms with van der Waals surface area (Å²) < 4.78 is 12.1. The lowest BCUT2D eigenvalue weighted by molar-refractivity contribution is -0.0701. The SMILES string of the molecule is CC(C)(C)OC(=O)N1[C@@H]2CC[C@H]1C[C@@H](OC1CCN(c3ccccn3)CC1)C2. The highest BCUT2D eigenvalue weighted by Crippen LogP contribution is 2.38. The van der Waals surface area contributed by atoms with Crippen molar-refractivity contribution in [2.24, 2.45) is 0 Å². The second-order valence-corrected chi connectivity index (χ2v) is 9.38. The molecular weight excluding hydrogens is 354 g/mol. The average molecular weight is 388 g/mol. The van der Waals surface area contributed by atoms with E-state index in [2.05, 4.69) is 16.0 Å². The number of anilines is 1. The lowest BCUT2D eigenvalue weighted by atomic mass is 9.99. The van der Waals surface area contributed by atoms with Crippen LogP contribution in [-0.2, 0) is 9.47 Å². The molecule has 0 unspecified atom stereocenters. The predicted molar refractivity (Wildman–Crippen MR) is 108 cm³/mol. The highest BCUT2D eigenvalue weighted by atomic mass is 16.6. The Morgan fingerprint density at radius 3 is 2.29 bits per heavy atom. The van der Waals surface area contributed by atoms with Crippen molar-refractivity contribution < 1.29 is 14.3 Å². The third-order valence-corrected chi connectivity index (χ3v) is 6.09. The molecule has 1 aromatic heterocycles. The summed E-state index contributed by atoms with van der Waals surface area (Å²) in [5.41, 5.74) is -0.439. The number of ether oxygens (including phenoxy) is 2. The molecule has 0 aliphatic carbocycles. The van der Waals surface area contributed by atoms with Gasteiger partial charge in [0.1, 0.15) is 11.4 Å². The minimum atomic E-state index is -0.439. The van der Waals surface area contributed by atoms with Gasteiger partial charge in [-0.25, -0.2) is 9.78 Å². The maximum atomic E-state index is 12.6. The van der Waals surface area contributed by atoms with Gasteiger partial charge in [-0.3, -0.25) is 0 Å². The molecule has 4 heterocycles. The summed E-state index contributed by atoms with van der Waals surface area (Å²) in [6.45, 7) is 7.77. The van der Waals surface area contributed by atoms with Gasteiger partial charge in [0, 0.05) is 31.4 Å². The van der Waals surface area contributed by atoms with Crippen LogP contribution in [0.5, 0.6) is 0 Å². The van der Waals surface area contributed by atoms with E-state index in [1.807, 2.05) is 44.0 Å². The number of hydrogen-bond donors (Lipinski definition) is 0. The fourth-order valence-corrected chi connectivity index (χ4v) is 4.88. The van der Waals surface area contributed by atoms with Gasteiger partial charge in [-0.1, -0.05) is 6.07 Å². The van der Waals surface area contributed by atoms with Crippen LogP contribution in [0.15, 0.2) is 24.4 Å². The first-order chi connectivity index (χ1) is 13.4. The first kappa shape index (κ1) is 19.5. The van der Waals surface area contributed by atoms with E-state index < -0.39 is 5.60 Å². The minimum absolute atomic E-state index is 0.151. The van der Waals surface area contributed by atoms with Gasteiger partial charge in [0.2, 0.25) is 0 Å². The van der Waals surface area contributed by atoms with Gasteiger partial charge in [-0.15, -0.1) is 0 Å². The van der Waals surface area contributed by atoms with Crippen LogP contribution in [0.1, 0.15) is 59.3 Å². The van der Waals surface area contributed by atoms with Crippen molar-refractivity contribution in [2.75, 3.05) is 18.0 Å². The second-order valence-electron chi connectivity index (χ2n) is 9.38. The van der Waals surface area contributed by atoms with Crippen LogP contribution in [0.25, 0.3) is 0 Å². The van der Waals surface area contributed by atoms with E-state index >= 15 is 0 Å². The van der Waals surface area contributed by atoms with Gasteiger partial charge >= 0.3 is 6.09 Å². The monoisotopic (exact) mass is 387 g/mol. The zero-order valence-corrected chi connectivity index (χ0v) is 17.3. The molecule has 28 heavy (non-hydrogen) atoms. The maximum absolute atomic E-state index is 12.6. The molecule has 3 saturated heterocycles. The van der Waals surface area contributed by atoms with Gasteiger partial charge in [-0.05, 0) is 71.4 Å². The number of hydrogen-bond acceptors (Lipinski definition) is 5. The van der Waals surface area contributed by atoms with E-state index in [1.165, 1.54) is 0 Å². The first-order valence-corrected chi connectivity index (χ1v) is 10.7. The average Bonchev–Trinajstić information content (AvgIpc) is 2.93. The summed E-state index contributed by atoms with van der Waals surface area (Å²) in [7, 11) is 0. The number of piperidine rings is 2. The maximum Gasteiger partial charge on any atom is 0.410 e. The lowest BCUT2D eigenvalue weighted by Gasteiger charge is -2.41. The van der Waals surface area contributed by atoms with Gasteiger partial charge < -0.3 is 19.3 Å². The molecule has 6 nitrogen and oxygen atoms in total. The molecule has 0 saturated carbocycles. The first-order valence-electron chi connectivity index (χ1n) is 10.7. The molecular formula is C22H33N3O3. The standard InChI is InChI=1S/C22H33N3O3/c1-22(2,3)28-21(26)25-16-7-8-17(25)15-19(14-16)27-18-9-12-24(13-10-18)20-6-4-5-11-23-20/h4-6,11,16-19H,7-10,12-15H2,1-3H3/t16-,17+,19+. The Balaban J connectivity index is 1.27. The van der Waals surface area contributed by atoms with Crippen LogP contribution in [0.3, 0.4) is 0 Å². The molecule has 6 heteroatoms. The molecule has 4 rings (SSSR count). The molecule has 3 aliphatic rings. The Hall–Kier alpha value is -1.82. The Morgan fingerprint density at radius 2 is 1.71 bits per heavy atom. The van der Waals surface area contributed by atoms with Crippen molar-refractivity contribution >= 4 is 11.9 Å². The van der Waals surface area contributed by atoms with Crippen LogP contribution < -0.4 is 4.90 Å². The molecule has 0 radical (unpaired) electrons. The van der Waals surface area contributed by atoms with E-state index in [1.54, 1.807) is 0 Å². The molecule has 1 amide bonds. The summed E-state index contributed by atoms with van der Waals surface area (Å²) in [6.07, 6.45) is 8.39. The van der Waals surface area contributed by atoms with Crippen LogP contribution >= 0.6 is 0 Å². The number of carbonyl (C=O) groups is 1. The van der Waals surface area contributed by atoms with Crippen molar-refractivity contribution in [3.8, 4) is 0 Å². The number of fused-ring (bicyclic) bond motifs is 2. The number of aromatic nitrogens is 1. The zero-order valence-electron chi connectivity index (χ0n) is 17.3. The third-order valence-electron chi connectivity index (χ3n) is 6.09. The van der Waals surface area contributed by atoms with Crippen LogP contribution in [-0.4, -0.2) is 59.0 Å². The molecule has 3 fully saturated rings. The van der Waals surface area contributed by atoms with Crippen LogP contribution in [0.4, 0.5) is 10.6 Å². The van der Waals surface area contributed by atoms with E-state index in [-0.39, 0.29) is 24.3 Å². The summed E-state index contributed by atoms with van der Waals surface area (Å²) in [5, 5.41) is 0. The van der Waals surface area contributed by atoms with E-state index in [0.29, 0.717) is 6.10 Å². The van der Waals surface area contributed by atoms with Gasteiger partial charge in [0.15, 0.2) is 0 Å². The van der Waals surface area contributed by atoms with Gasteiger partial charge in [0.25, 0.3) is 0 Å². The number of nitrogens with zero attached hydrogens (tertiary/aromatic N) is 3. The number of pyridine rings is 1. The molecule has 3 atom stereocenters. The topological polar surface area (TPSA) is 54.9 Å². The Labute approximate surface area is 168 Å². The Morgan fingerprint density at radius 1 is 1.04 bits per heavy atom. The number of rotatable bonds is 3. The van der Waals surface area contributed by atoms with Gasteiger partial charge in [0.05, 0.1) is 12.2 Å². The summed E-state index contributed by atoms with van der Waals surface area (Å²) in [5.74, 6) is 1.06. The van der Waals surface area contributed by atoms with Crippen LogP contribution in [0, 0.1) is 0 Å². The largest absolute Gasteiger partial charge is 0.444 e. The van der Waals surface area contributed by atoms with E-state index in [4.69, 9.17) is 9.47 Å². The predicted octanol–water partition coefficient (Wildman–Crippen LogP) is 4.00. The van der Waals surface area contributed by atoms with Crippen molar-refractivity contribution in [1.29, 1.82) is 0 Å². The van der Waals surface area contributed by atoms with E-state index in [0.717, 1.165) is 57.4 Å². The summed E-state index contributed by atoms with van der Waals surface area (Å²) >= 11 is 0. The highest BCUT2D eigenvalue weighted by molar-refractivity contribution is 5.69. The lowest BCUT2D eigenvalue weighted by Crippen LogP contribution is -2.51. The quantitative estimate of drug-likeness (QED) is 0.785.